The largest absolute Gasteiger partial charge is 0.492 e. The first-order valence-electron chi connectivity index (χ1n) is 6.95. The standard InChI is InChI=1S/C15H15NO6S/c1-9-12(15(17)18)7-11(22-9)8-16-23(19,20)13-4-2-3-10-5-6-21-14(10)13/h2-4,7,16H,5-6,8H2,1H3,(H,17,18). The van der Waals surface area contributed by atoms with Gasteiger partial charge in [-0.2, -0.15) is 0 Å². The molecule has 7 nitrogen and oxygen atoms in total. The Morgan fingerprint density at radius 2 is 2.17 bits per heavy atom. The van der Waals surface area contributed by atoms with E-state index in [-0.39, 0.29) is 28.5 Å². The van der Waals surface area contributed by atoms with Crippen molar-refractivity contribution in [1.29, 1.82) is 0 Å². The van der Waals surface area contributed by atoms with Crippen molar-refractivity contribution in [3.05, 3.63) is 46.9 Å². The molecule has 23 heavy (non-hydrogen) atoms. The molecule has 1 aliphatic rings. The third-order valence-corrected chi connectivity index (χ3v) is 5.03. The van der Waals surface area contributed by atoms with E-state index >= 15 is 0 Å². The number of furan rings is 1. The summed E-state index contributed by atoms with van der Waals surface area (Å²) in [6.07, 6.45) is 0.679. The van der Waals surface area contributed by atoms with E-state index < -0.39 is 16.0 Å². The second kappa shape index (κ2) is 5.71. The van der Waals surface area contributed by atoms with Gasteiger partial charge in [-0.3, -0.25) is 0 Å². The summed E-state index contributed by atoms with van der Waals surface area (Å²) in [5.74, 6) is -0.274. The lowest BCUT2D eigenvalue weighted by atomic mass is 10.2. The van der Waals surface area contributed by atoms with Crippen molar-refractivity contribution >= 4 is 16.0 Å². The molecule has 2 N–H and O–H groups in total. The van der Waals surface area contributed by atoms with Gasteiger partial charge >= 0.3 is 5.97 Å². The maximum atomic E-state index is 12.4. The average molecular weight is 337 g/mol. The van der Waals surface area contributed by atoms with Crippen LogP contribution in [0, 0.1) is 6.92 Å². The molecule has 0 saturated carbocycles. The molecule has 3 rings (SSSR count). The fraction of sp³-hybridized carbons (Fsp3) is 0.267. The number of nitrogens with one attached hydrogen (secondary N) is 1. The van der Waals surface area contributed by atoms with E-state index in [1.165, 1.54) is 19.1 Å². The highest BCUT2D eigenvalue weighted by molar-refractivity contribution is 7.89. The number of para-hydroxylation sites is 1. The fourth-order valence-electron chi connectivity index (χ4n) is 2.48. The Balaban J connectivity index is 1.81. The van der Waals surface area contributed by atoms with E-state index in [9.17, 15) is 13.2 Å². The van der Waals surface area contributed by atoms with Crippen molar-refractivity contribution in [2.24, 2.45) is 0 Å². The molecule has 122 valence electrons. The topological polar surface area (TPSA) is 106 Å². The van der Waals surface area contributed by atoms with Gasteiger partial charge in [-0.1, -0.05) is 12.1 Å². The number of carboxylic acids is 1. The van der Waals surface area contributed by atoms with E-state index in [1.54, 1.807) is 6.07 Å². The quantitative estimate of drug-likeness (QED) is 0.860. The lowest BCUT2D eigenvalue weighted by Gasteiger charge is -2.09. The summed E-state index contributed by atoms with van der Waals surface area (Å²) in [6, 6.07) is 6.28. The fourth-order valence-corrected chi connectivity index (χ4v) is 3.66. The molecule has 0 atom stereocenters. The molecule has 0 radical (unpaired) electrons. The second-order valence-corrected chi connectivity index (χ2v) is 6.89. The molecule has 2 aromatic rings. The average Bonchev–Trinajstić information content (AvgIpc) is 3.10. The Hall–Kier alpha value is -2.32. The van der Waals surface area contributed by atoms with Gasteiger partial charge in [-0.15, -0.1) is 0 Å². The van der Waals surface area contributed by atoms with E-state index in [4.69, 9.17) is 14.3 Å². The van der Waals surface area contributed by atoms with E-state index in [2.05, 4.69) is 4.72 Å². The van der Waals surface area contributed by atoms with Crippen LogP contribution in [0.4, 0.5) is 0 Å². The van der Waals surface area contributed by atoms with Crippen LogP contribution in [0.2, 0.25) is 0 Å². The summed E-state index contributed by atoms with van der Waals surface area (Å²) in [7, 11) is -3.79. The molecule has 0 fully saturated rings. The van der Waals surface area contributed by atoms with Crippen LogP contribution in [0.15, 0.2) is 33.6 Å². The number of aryl methyl sites for hydroxylation is 1. The number of hydrogen-bond donors (Lipinski definition) is 2. The molecule has 0 bridgehead atoms. The van der Waals surface area contributed by atoms with Gasteiger partial charge < -0.3 is 14.3 Å². The van der Waals surface area contributed by atoms with Crippen molar-refractivity contribution in [2.75, 3.05) is 6.61 Å². The van der Waals surface area contributed by atoms with Gasteiger partial charge in [0.15, 0.2) is 0 Å². The molecule has 1 aliphatic heterocycles. The summed E-state index contributed by atoms with van der Waals surface area (Å²) in [5.41, 5.74) is 0.873. The van der Waals surface area contributed by atoms with E-state index in [0.717, 1.165) is 5.56 Å². The number of benzene rings is 1. The minimum Gasteiger partial charge on any atom is -0.492 e. The Labute approximate surface area is 132 Å². The third-order valence-electron chi connectivity index (χ3n) is 3.60. The van der Waals surface area contributed by atoms with Crippen LogP contribution in [-0.4, -0.2) is 26.1 Å². The number of aromatic carboxylic acids is 1. The first kappa shape index (κ1) is 15.6. The highest BCUT2D eigenvalue weighted by Gasteiger charge is 2.25. The van der Waals surface area contributed by atoms with Crippen molar-refractivity contribution < 1.29 is 27.5 Å². The molecule has 0 aliphatic carbocycles. The minimum atomic E-state index is -3.79. The maximum Gasteiger partial charge on any atom is 0.339 e. The predicted molar refractivity (Wildman–Crippen MR) is 80.1 cm³/mol. The van der Waals surface area contributed by atoms with E-state index in [1.807, 2.05) is 6.07 Å². The minimum absolute atomic E-state index is 0.0168. The Morgan fingerprint density at radius 1 is 1.39 bits per heavy atom. The van der Waals surface area contributed by atoms with Crippen LogP contribution in [-0.2, 0) is 23.0 Å². The molecule has 0 amide bonds. The third kappa shape index (κ3) is 2.95. The summed E-state index contributed by atoms with van der Waals surface area (Å²) >= 11 is 0. The van der Waals surface area contributed by atoms with Gasteiger partial charge in [0.1, 0.15) is 27.7 Å². The lowest BCUT2D eigenvalue weighted by molar-refractivity contribution is 0.0695. The van der Waals surface area contributed by atoms with Gasteiger partial charge in [-0.05, 0) is 24.6 Å². The molecule has 8 heteroatoms. The number of hydrogen-bond acceptors (Lipinski definition) is 5. The van der Waals surface area contributed by atoms with Crippen LogP contribution >= 0.6 is 0 Å². The van der Waals surface area contributed by atoms with Crippen LogP contribution < -0.4 is 9.46 Å². The zero-order valence-electron chi connectivity index (χ0n) is 12.3. The molecule has 0 spiro atoms. The smallest absolute Gasteiger partial charge is 0.339 e. The summed E-state index contributed by atoms with van der Waals surface area (Å²) in [6.45, 7) is 1.83. The van der Waals surface area contributed by atoms with Gasteiger partial charge in [0.25, 0.3) is 0 Å². The second-order valence-electron chi connectivity index (χ2n) is 5.16. The summed E-state index contributed by atoms with van der Waals surface area (Å²) in [4.78, 5) is 11.0. The van der Waals surface area contributed by atoms with Crippen molar-refractivity contribution in [2.45, 2.75) is 24.8 Å². The zero-order chi connectivity index (χ0) is 16.6. The van der Waals surface area contributed by atoms with Gasteiger partial charge in [-0.25, -0.2) is 17.9 Å². The summed E-state index contributed by atoms with van der Waals surface area (Å²) in [5, 5.41) is 8.98. The predicted octanol–water partition coefficient (Wildman–Crippen LogP) is 1.70. The van der Waals surface area contributed by atoms with Gasteiger partial charge in [0.05, 0.1) is 13.2 Å². The van der Waals surface area contributed by atoms with Crippen LogP contribution in [0.1, 0.15) is 27.4 Å². The molecule has 1 aromatic heterocycles. The first-order chi connectivity index (χ1) is 10.9. The Morgan fingerprint density at radius 3 is 2.87 bits per heavy atom. The molecule has 0 saturated heterocycles. The molecule has 0 unspecified atom stereocenters. The van der Waals surface area contributed by atoms with E-state index in [0.29, 0.717) is 18.8 Å². The number of rotatable bonds is 5. The highest BCUT2D eigenvalue weighted by Crippen LogP contribution is 2.32. The highest BCUT2D eigenvalue weighted by atomic mass is 32.2. The zero-order valence-corrected chi connectivity index (χ0v) is 13.1. The van der Waals surface area contributed by atoms with Crippen molar-refractivity contribution in [3.8, 4) is 5.75 Å². The molecular formula is C15H15NO6S. The number of sulfonamides is 1. The number of ether oxygens (including phenoxy) is 1. The van der Waals surface area contributed by atoms with Crippen molar-refractivity contribution in [3.63, 3.8) is 0 Å². The van der Waals surface area contributed by atoms with Crippen LogP contribution in [0.3, 0.4) is 0 Å². The van der Waals surface area contributed by atoms with Crippen LogP contribution in [0.5, 0.6) is 5.75 Å². The Kier molecular flexibility index (Phi) is 3.87. The van der Waals surface area contributed by atoms with Gasteiger partial charge in [0.2, 0.25) is 10.0 Å². The van der Waals surface area contributed by atoms with Crippen molar-refractivity contribution in [1.82, 2.24) is 4.72 Å². The first-order valence-corrected chi connectivity index (χ1v) is 8.44. The Bertz CT molecular complexity index is 868. The SMILES string of the molecule is Cc1oc(CNS(=O)(=O)c2cccc3c2OCC3)cc1C(=O)O. The lowest BCUT2D eigenvalue weighted by Crippen LogP contribution is -2.23. The van der Waals surface area contributed by atoms with Gasteiger partial charge in [0, 0.05) is 6.42 Å². The number of carbonyl (C=O) groups is 1. The molecule has 1 aromatic carbocycles. The van der Waals surface area contributed by atoms with Crippen LogP contribution in [0.25, 0.3) is 0 Å². The number of carboxylic acid groups (broad SMARTS) is 1. The number of fused-ring (bicyclic) bond motifs is 1. The maximum absolute atomic E-state index is 12.4. The normalized spacial score (nSPS) is 13.6. The summed E-state index contributed by atoms with van der Waals surface area (Å²) < 4.78 is 38.0. The molecule has 2 heterocycles. The molecular weight excluding hydrogens is 322 g/mol. The monoisotopic (exact) mass is 337 g/mol.